The third kappa shape index (κ3) is 6.66. The molecule has 0 aromatic heterocycles. The summed E-state index contributed by atoms with van der Waals surface area (Å²) in [4.78, 5) is 34.3. The van der Waals surface area contributed by atoms with Crippen molar-refractivity contribution < 1.29 is 28.2 Å². The normalized spacial score (nSPS) is 40.5. The maximum absolute atomic E-state index is 16.2. The van der Waals surface area contributed by atoms with Gasteiger partial charge in [0.05, 0.1) is 61.3 Å². The fraction of sp³-hybridized carbons (Fsp3) is 0.886. The Labute approximate surface area is 274 Å². The van der Waals surface area contributed by atoms with Crippen LogP contribution in [0.2, 0.25) is 0 Å². The molecule has 0 bridgehead atoms. The van der Waals surface area contributed by atoms with E-state index in [9.17, 15) is 9.59 Å². The summed E-state index contributed by atoms with van der Waals surface area (Å²) in [7, 11) is 4.07. The molecule has 4 heterocycles. The minimum Gasteiger partial charge on any atom is -0.379 e. The first-order valence-electron chi connectivity index (χ1n) is 18.3. The molecule has 11 unspecified atom stereocenters. The number of unbranched alkanes of at least 4 members (excludes halogenated alkanes) is 1. The van der Waals surface area contributed by atoms with E-state index in [2.05, 4.69) is 25.3 Å². The van der Waals surface area contributed by atoms with Crippen molar-refractivity contribution in [2.45, 2.75) is 113 Å². The van der Waals surface area contributed by atoms with Crippen molar-refractivity contribution in [3.63, 3.8) is 0 Å². The molecule has 3 saturated heterocycles. The molecule has 0 aromatic carbocycles. The van der Waals surface area contributed by atoms with Crippen LogP contribution in [0.5, 0.6) is 0 Å². The number of ketones is 1. The van der Waals surface area contributed by atoms with Gasteiger partial charge in [0.15, 0.2) is 5.78 Å². The summed E-state index contributed by atoms with van der Waals surface area (Å²) in [6.45, 7) is 6.54. The lowest BCUT2D eigenvalue weighted by Gasteiger charge is -2.60. The first-order valence-corrected chi connectivity index (χ1v) is 18.3. The quantitative estimate of drug-likeness (QED) is 0.259. The highest BCUT2D eigenvalue weighted by molar-refractivity contribution is 6.20. The van der Waals surface area contributed by atoms with Crippen LogP contribution in [0.15, 0.2) is 11.8 Å². The van der Waals surface area contributed by atoms with Gasteiger partial charge in [-0.1, -0.05) is 12.8 Å². The summed E-state index contributed by atoms with van der Waals surface area (Å²) < 4.78 is 35.4. The van der Waals surface area contributed by atoms with E-state index < -0.39 is 24.2 Å². The summed E-state index contributed by atoms with van der Waals surface area (Å²) in [5, 5.41) is 6.56. The number of amides is 1. The maximum atomic E-state index is 16.2. The van der Waals surface area contributed by atoms with Gasteiger partial charge < -0.3 is 34.6 Å². The van der Waals surface area contributed by atoms with Gasteiger partial charge in [-0.05, 0) is 96.9 Å². The van der Waals surface area contributed by atoms with Gasteiger partial charge in [-0.3, -0.25) is 14.5 Å². The standard InChI is InChI=1S/C35H56FN5O5/c1-39(2)12-6-5-10-38-35(43)25-21-41-27-20-29-23(22-8-3-4-9-28(22)45-29)19-30(27)46-34-31(26(36)18-24(32(34)41)33(25)42)37-11-7-13-40-14-16-44-17-15-40/h21-24,26-32,34,37H,3-20H2,1-2H3,(H,38,43). The number of carbonyl (C=O) groups is 2. The van der Waals surface area contributed by atoms with Gasteiger partial charge in [-0.2, -0.15) is 0 Å². The van der Waals surface area contributed by atoms with Crippen molar-refractivity contribution in [1.29, 1.82) is 0 Å². The van der Waals surface area contributed by atoms with Crippen LogP contribution in [0.3, 0.4) is 0 Å². The number of morpholine rings is 2. The number of rotatable bonds is 11. The molecular formula is C35H56FN5O5. The Morgan fingerprint density at radius 2 is 1.80 bits per heavy atom. The summed E-state index contributed by atoms with van der Waals surface area (Å²) >= 11 is 0. The van der Waals surface area contributed by atoms with Gasteiger partial charge in [-0.25, -0.2) is 4.39 Å². The zero-order valence-electron chi connectivity index (χ0n) is 27.9. The van der Waals surface area contributed by atoms with Crippen molar-refractivity contribution in [1.82, 2.24) is 25.3 Å². The Kier molecular flexibility index (Phi) is 10.3. The highest BCUT2D eigenvalue weighted by Gasteiger charge is 2.61. The Balaban J connectivity index is 1.10. The average Bonchev–Trinajstić information content (AvgIpc) is 3.41. The van der Waals surface area contributed by atoms with Crippen LogP contribution in [0, 0.1) is 17.8 Å². The second-order valence-electron chi connectivity index (χ2n) is 15.3. The van der Waals surface area contributed by atoms with E-state index in [1.807, 2.05) is 20.3 Å². The van der Waals surface area contributed by atoms with E-state index >= 15 is 4.39 Å². The molecule has 11 atom stereocenters. The van der Waals surface area contributed by atoms with Gasteiger partial charge >= 0.3 is 0 Å². The smallest absolute Gasteiger partial charge is 0.256 e. The van der Waals surface area contributed by atoms with Crippen LogP contribution in [0.25, 0.3) is 0 Å². The molecule has 11 heteroatoms. The van der Waals surface area contributed by atoms with Crippen LogP contribution in [-0.2, 0) is 23.8 Å². The lowest BCUT2D eigenvalue weighted by Crippen LogP contribution is -2.73. The van der Waals surface area contributed by atoms with Gasteiger partial charge in [0.25, 0.3) is 5.91 Å². The second kappa shape index (κ2) is 14.5. The minimum absolute atomic E-state index is 0.0132. The highest BCUT2D eigenvalue weighted by atomic mass is 19.1. The minimum atomic E-state index is -1.22. The van der Waals surface area contributed by atoms with E-state index in [0.717, 1.165) is 77.9 Å². The van der Waals surface area contributed by atoms with E-state index in [0.29, 0.717) is 31.0 Å². The Hall–Kier alpha value is -1.63. The molecule has 0 spiro atoms. The highest BCUT2D eigenvalue weighted by Crippen LogP contribution is 2.52. The average molecular weight is 646 g/mol. The number of nitrogens with zero attached hydrogens (tertiary/aromatic N) is 3. The first-order chi connectivity index (χ1) is 22.4. The number of hydrogen-bond acceptors (Lipinski definition) is 9. The van der Waals surface area contributed by atoms with Crippen molar-refractivity contribution in [3.8, 4) is 0 Å². The summed E-state index contributed by atoms with van der Waals surface area (Å²) in [5.74, 6) is -0.121. The van der Waals surface area contributed by atoms with Crippen molar-refractivity contribution >= 4 is 11.7 Å². The lowest BCUT2D eigenvalue weighted by molar-refractivity contribution is -0.209. The van der Waals surface area contributed by atoms with Crippen molar-refractivity contribution in [2.75, 3.05) is 66.6 Å². The molecule has 2 N–H and O–H groups in total. The number of alkyl halides is 1. The topological polar surface area (TPSA) is 95.6 Å². The number of hydrogen-bond donors (Lipinski definition) is 2. The van der Waals surface area contributed by atoms with Gasteiger partial charge in [0.2, 0.25) is 0 Å². The summed E-state index contributed by atoms with van der Waals surface area (Å²) in [6.07, 6.45) is 10.0. The molecule has 0 radical (unpaired) electrons. The number of halogens is 1. The molecule has 3 saturated carbocycles. The molecule has 10 nitrogen and oxygen atoms in total. The molecule has 4 aliphatic heterocycles. The molecule has 7 aliphatic rings. The monoisotopic (exact) mass is 645 g/mol. The molecule has 1 amide bonds. The van der Waals surface area contributed by atoms with Gasteiger partial charge in [0, 0.05) is 31.8 Å². The predicted molar refractivity (Wildman–Crippen MR) is 172 cm³/mol. The van der Waals surface area contributed by atoms with Crippen LogP contribution in [0.1, 0.15) is 64.2 Å². The molecule has 7 rings (SSSR count). The molecule has 3 aliphatic carbocycles. The fourth-order valence-corrected chi connectivity index (χ4v) is 9.88. The Morgan fingerprint density at radius 3 is 2.63 bits per heavy atom. The third-order valence-electron chi connectivity index (χ3n) is 12.1. The van der Waals surface area contributed by atoms with Crippen LogP contribution in [0.4, 0.5) is 4.39 Å². The summed E-state index contributed by atoms with van der Waals surface area (Å²) in [5.41, 5.74) is 0.181. The molecule has 6 fully saturated rings. The van der Waals surface area contributed by atoms with Crippen molar-refractivity contribution in [3.05, 3.63) is 11.8 Å². The van der Waals surface area contributed by atoms with E-state index in [4.69, 9.17) is 14.2 Å². The molecule has 0 aromatic rings. The van der Waals surface area contributed by atoms with E-state index in [-0.39, 0.29) is 48.0 Å². The molecule has 46 heavy (non-hydrogen) atoms. The fourth-order valence-electron chi connectivity index (χ4n) is 9.88. The number of fused-ring (bicyclic) bond motifs is 5. The molecule has 258 valence electrons. The SMILES string of the molecule is CN(C)CCCCNC(=O)C1=CN2C3CC4OC5CCCCC5C4CC3OC3C(NCCCN4CCOCC4)C(F)CC(C1=O)C32. The largest absolute Gasteiger partial charge is 0.379 e. The zero-order chi connectivity index (χ0) is 31.8. The van der Waals surface area contributed by atoms with Crippen LogP contribution in [-0.4, -0.2) is 142 Å². The summed E-state index contributed by atoms with van der Waals surface area (Å²) in [6, 6.07) is -0.753. The van der Waals surface area contributed by atoms with Crippen LogP contribution < -0.4 is 10.6 Å². The lowest BCUT2D eigenvalue weighted by atomic mass is 9.67. The predicted octanol–water partition coefficient (Wildman–Crippen LogP) is 2.12. The number of ether oxygens (including phenoxy) is 3. The number of carbonyl (C=O) groups excluding carboxylic acids is 2. The number of nitrogens with one attached hydrogen (secondary N) is 2. The van der Waals surface area contributed by atoms with E-state index in [1.54, 1.807) is 0 Å². The molecular weight excluding hydrogens is 589 g/mol. The van der Waals surface area contributed by atoms with E-state index in [1.165, 1.54) is 19.3 Å². The second-order valence-corrected chi connectivity index (χ2v) is 15.3. The Morgan fingerprint density at radius 1 is 0.978 bits per heavy atom. The zero-order valence-corrected chi connectivity index (χ0v) is 27.9. The Bertz CT molecular complexity index is 1120. The maximum Gasteiger partial charge on any atom is 0.256 e. The van der Waals surface area contributed by atoms with Crippen LogP contribution >= 0.6 is 0 Å². The number of Topliss-reactive ketones (excluding diaryl/α,β-unsaturated/α-hetero) is 1. The third-order valence-corrected chi connectivity index (χ3v) is 12.1. The first kappa shape index (κ1) is 32.9. The van der Waals surface area contributed by atoms with Gasteiger partial charge in [0.1, 0.15) is 6.17 Å². The van der Waals surface area contributed by atoms with Crippen molar-refractivity contribution in [2.24, 2.45) is 17.8 Å². The van der Waals surface area contributed by atoms with Gasteiger partial charge in [-0.15, -0.1) is 0 Å².